The van der Waals surface area contributed by atoms with E-state index in [4.69, 9.17) is 17.2 Å². The SMILES string of the molecule is CC(N)=c1ccc(=C(N)N)cc1. The Kier molecular flexibility index (Phi) is 2.24. The summed E-state index contributed by atoms with van der Waals surface area (Å²) in [6.07, 6.45) is 0. The topological polar surface area (TPSA) is 78.1 Å². The van der Waals surface area contributed by atoms with Crippen molar-refractivity contribution in [2.45, 2.75) is 6.92 Å². The molecule has 3 heteroatoms. The molecule has 12 heavy (non-hydrogen) atoms. The highest BCUT2D eigenvalue weighted by atomic mass is 14.8. The minimum atomic E-state index is 0.330. The van der Waals surface area contributed by atoms with E-state index in [0.29, 0.717) is 5.82 Å². The number of hydrogen-bond donors (Lipinski definition) is 3. The largest absolute Gasteiger partial charge is 0.402 e. The van der Waals surface area contributed by atoms with Gasteiger partial charge in [0.05, 0.1) is 0 Å². The van der Waals surface area contributed by atoms with E-state index in [0.717, 1.165) is 16.1 Å². The van der Waals surface area contributed by atoms with Crippen molar-refractivity contribution >= 4 is 11.5 Å². The Hall–Kier alpha value is -1.64. The highest BCUT2D eigenvalue weighted by Gasteiger charge is 1.85. The summed E-state index contributed by atoms with van der Waals surface area (Å²) in [4.78, 5) is 0. The Labute approximate surface area is 71.2 Å². The highest BCUT2D eigenvalue weighted by Crippen LogP contribution is 1.76. The maximum absolute atomic E-state index is 5.59. The second kappa shape index (κ2) is 3.17. The van der Waals surface area contributed by atoms with Crippen LogP contribution >= 0.6 is 0 Å². The van der Waals surface area contributed by atoms with Gasteiger partial charge < -0.3 is 17.2 Å². The molecule has 6 N–H and O–H groups in total. The lowest BCUT2D eigenvalue weighted by molar-refractivity contribution is 1.37. The molecule has 0 amide bonds. The van der Waals surface area contributed by atoms with E-state index in [1.165, 1.54) is 0 Å². The third kappa shape index (κ3) is 1.69. The molecule has 0 saturated heterocycles. The summed E-state index contributed by atoms with van der Waals surface area (Å²) in [5.41, 5.74) is 17.2. The Morgan fingerprint density at radius 2 is 1.33 bits per heavy atom. The van der Waals surface area contributed by atoms with E-state index < -0.39 is 0 Å². The van der Waals surface area contributed by atoms with Gasteiger partial charge in [-0.05, 0) is 12.1 Å². The van der Waals surface area contributed by atoms with E-state index >= 15 is 0 Å². The maximum Gasteiger partial charge on any atom is 0.101 e. The number of benzene rings is 1. The first-order chi connectivity index (χ1) is 5.61. The summed E-state index contributed by atoms with van der Waals surface area (Å²) in [6, 6.07) is 7.48. The molecule has 1 rings (SSSR count). The van der Waals surface area contributed by atoms with Gasteiger partial charge in [-0.15, -0.1) is 0 Å². The molecule has 0 bridgehead atoms. The van der Waals surface area contributed by atoms with Crippen LogP contribution < -0.4 is 27.6 Å². The molecular formula is C9H13N3. The van der Waals surface area contributed by atoms with Crippen LogP contribution in [0.4, 0.5) is 0 Å². The number of nitrogens with two attached hydrogens (primary N) is 3. The van der Waals surface area contributed by atoms with E-state index in [2.05, 4.69) is 0 Å². The van der Waals surface area contributed by atoms with Crippen LogP contribution in [0, 0.1) is 0 Å². The minimum absolute atomic E-state index is 0.330. The molecule has 0 saturated carbocycles. The number of rotatable bonds is 0. The van der Waals surface area contributed by atoms with Gasteiger partial charge in [-0.1, -0.05) is 24.3 Å². The van der Waals surface area contributed by atoms with Crippen LogP contribution in [0.3, 0.4) is 0 Å². The second-order valence-electron chi connectivity index (χ2n) is 2.72. The zero-order valence-electron chi connectivity index (χ0n) is 7.04. The first-order valence-corrected chi connectivity index (χ1v) is 3.69. The van der Waals surface area contributed by atoms with Gasteiger partial charge in [0.2, 0.25) is 0 Å². The Bertz CT molecular complexity index is 322. The first-order valence-electron chi connectivity index (χ1n) is 3.69. The van der Waals surface area contributed by atoms with Crippen molar-refractivity contribution in [2.75, 3.05) is 0 Å². The van der Waals surface area contributed by atoms with Crippen molar-refractivity contribution in [1.82, 2.24) is 0 Å². The monoisotopic (exact) mass is 163 g/mol. The zero-order chi connectivity index (χ0) is 9.14. The summed E-state index contributed by atoms with van der Waals surface area (Å²) in [5.74, 6) is 0.330. The van der Waals surface area contributed by atoms with Gasteiger partial charge >= 0.3 is 0 Å². The normalized spacial score (nSPS) is 9.42. The second-order valence-corrected chi connectivity index (χ2v) is 2.72. The summed E-state index contributed by atoms with van der Waals surface area (Å²) < 4.78 is 0. The van der Waals surface area contributed by atoms with Crippen LogP contribution in [0.25, 0.3) is 11.5 Å². The molecule has 0 heterocycles. The van der Waals surface area contributed by atoms with Crippen LogP contribution in [-0.2, 0) is 0 Å². The zero-order valence-corrected chi connectivity index (χ0v) is 7.04. The molecule has 1 aromatic rings. The van der Waals surface area contributed by atoms with Gasteiger partial charge in [-0.2, -0.15) is 0 Å². The average Bonchev–Trinajstić information content (AvgIpc) is 2.04. The molecule has 0 atom stereocenters. The molecule has 64 valence electrons. The Morgan fingerprint density at radius 1 is 0.917 bits per heavy atom. The van der Waals surface area contributed by atoms with E-state index in [9.17, 15) is 0 Å². The van der Waals surface area contributed by atoms with Crippen LogP contribution in [0.2, 0.25) is 0 Å². The molecule has 1 aromatic carbocycles. The van der Waals surface area contributed by atoms with Crippen molar-refractivity contribution in [3.05, 3.63) is 34.7 Å². The van der Waals surface area contributed by atoms with Gasteiger partial charge in [0.25, 0.3) is 0 Å². The summed E-state index contributed by atoms with van der Waals surface area (Å²) in [5, 5.41) is 1.83. The van der Waals surface area contributed by atoms with Crippen molar-refractivity contribution in [3.8, 4) is 0 Å². The van der Waals surface area contributed by atoms with Gasteiger partial charge in [0.1, 0.15) is 5.82 Å². The predicted molar refractivity (Wildman–Crippen MR) is 50.7 cm³/mol. The molecule has 0 aliphatic carbocycles. The van der Waals surface area contributed by atoms with Crippen molar-refractivity contribution in [1.29, 1.82) is 0 Å². The molecule has 0 aliphatic heterocycles. The molecule has 0 radical (unpaired) electrons. The lowest BCUT2D eigenvalue weighted by Gasteiger charge is -1.93. The standard InChI is InChI=1S/C9H13N3/c1-6(10)7-2-4-8(5-3-7)9(11)12/h2-5H,10-12H2,1H3. The van der Waals surface area contributed by atoms with Gasteiger partial charge in [-0.25, -0.2) is 0 Å². The summed E-state index contributed by atoms with van der Waals surface area (Å²) in [7, 11) is 0. The van der Waals surface area contributed by atoms with Crippen LogP contribution in [0.5, 0.6) is 0 Å². The minimum Gasteiger partial charge on any atom is -0.402 e. The Morgan fingerprint density at radius 3 is 1.67 bits per heavy atom. The fourth-order valence-corrected chi connectivity index (χ4v) is 0.926. The first kappa shape index (κ1) is 8.46. The van der Waals surface area contributed by atoms with E-state index in [1.54, 1.807) is 0 Å². The molecule has 0 aliphatic rings. The van der Waals surface area contributed by atoms with Crippen molar-refractivity contribution < 1.29 is 0 Å². The van der Waals surface area contributed by atoms with Crippen LogP contribution in [0.15, 0.2) is 24.3 Å². The molecule has 0 spiro atoms. The third-order valence-electron chi connectivity index (χ3n) is 1.67. The fourth-order valence-electron chi connectivity index (χ4n) is 0.926. The lowest BCUT2D eigenvalue weighted by atomic mass is 10.2. The predicted octanol–water partition coefficient (Wildman–Crippen LogP) is -1.24. The van der Waals surface area contributed by atoms with E-state index in [-0.39, 0.29) is 0 Å². The Balaban J connectivity index is 3.39. The molecule has 0 fully saturated rings. The smallest absolute Gasteiger partial charge is 0.101 e. The molecule has 0 unspecified atom stereocenters. The third-order valence-corrected chi connectivity index (χ3v) is 1.67. The van der Waals surface area contributed by atoms with Crippen molar-refractivity contribution in [2.24, 2.45) is 17.2 Å². The molecular weight excluding hydrogens is 150 g/mol. The van der Waals surface area contributed by atoms with Gasteiger partial charge in [0.15, 0.2) is 0 Å². The molecule has 0 aromatic heterocycles. The van der Waals surface area contributed by atoms with Crippen molar-refractivity contribution in [3.63, 3.8) is 0 Å². The lowest BCUT2D eigenvalue weighted by Crippen LogP contribution is -2.21. The summed E-state index contributed by atoms with van der Waals surface area (Å²) >= 11 is 0. The van der Waals surface area contributed by atoms with Gasteiger partial charge in [0, 0.05) is 10.9 Å². The van der Waals surface area contributed by atoms with E-state index in [1.807, 2.05) is 31.2 Å². The molecule has 3 nitrogen and oxygen atoms in total. The average molecular weight is 163 g/mol. The quantitative estimate of drug-likeness (QED) is 0.447. The van der Waals surface area contributed by atoms with Crippen LogP contribution in [0.1, 0.15) is 6.92 Å². The van der Waals surface area contributed by atoms with Crippen LogP contribution in [-0.4, -0.2) is 0 Å². The van der Waals surface area contributed by atoms with Gasteiger partial charge in [-0.3, -0.25) is 0 Å². The highest BCUT2D eigenvalue weighted by molar-refractivity contribution is 5.40. The number of hydrogen-bond acceptors (Lipinski definition) is 3. The fraction of sp³-hybridized carbons (Fsp3) is 0.111. The maximum atomic E-state index is 5.59. The summed E-state index contributed by atoms with van der Waals surface area (Å²) in [6.45, 7) is 1.85.